The van der Waals surface area contributed by atoms with Gasteiger partial charge in [-0.3, -0.25) is 4.79 Å². The summed E-state index contributed by atoms with van der Waals surface area (Å²) in [7, 11) is 0. The van der Waals surface area contributed by atoms with E-state index >= 15 is 0 Å². The molecular formula is C26H31N3O2S. The SMILES string of the molecule is Cc1cc(C)c2[nH]c(=O)c(CN(C[C@H]3CCCO3)C(=S)N[C@H](C)c3ccccc3)cc2c1. The Hall–Kier alpha value is -2.70. The predicted octanol–water partition coefficient (Wildman–Crippen LogP) is 4.76. The van der Waals surface area contributed by atoms with Gasteiger partial charge in [0.25, 0.3) is 5.56 Å². The van der Waals surface area contributed by atoms with Crippen molar-refractivity contribution in [3.63, 3.8) is 0 Å². The number of aromatic amines is 1. The van der Waals surface area contributed by atoms with Crippen LogP contribution in [0, 0.1) is 13.8 Å². The minimum Gasteiger partial charge on any atom is -0.376 e. The van der Waals surface area contributed by atoms with E-state index in [-0.39, 0.29) is 17.7 Å². The van der Waals surface area contributed by atoms with Crippen LogP contribution in [-0.4, -0.2) is 34.3 Å². The smallest absolute Gasteiger partial charge is 0.253 e. The molecule has 6 heteroatoms. The van der Waals surface area contributed by atoms with Gasteiger partial charge in [-0.15, -0.1) is 0 Å². The number of hydrogen-bond acceptors (Lipinski definition) is 3. The first-order valence-corrected chi connectivity index (χ1v) is 11.7. The molecule has 0 unspecified atom stereocenters. The van der Waals surface area contributed by atoms with Crippen molar-refractivity contribution in [2.24, 2.45) is 0 Å². The highest BCUT2D eigenvalue weighted by Gasteiger charge is 2.23. The van der Waals surface area contributed by atoms with Crippen molar-refractivity contribution in [1.82, 2.24) is 15.2 Å². The fourth-order valence-electron chi connectivity index (χ4n) is 4.41. The lowest BCUT2D eigenvalue weighted by molar-refractivity contribution is 0.0895. The average Bonchev–Trinajstić information content (AvgIpc) is 3.28. The molecule has 2 heterocycles. The van der Waals surface area contributed by atoms with Crippen molar-refractivity contribution in [3.05, 3.63) is 81.1 Å². The minimum absolute atomic E-state index is 0.0656. The molecule has 1 aromatic heterocycles. The van der Waals surface area contributed by atoms with E-state index in [1.54, 1.807) is 0 Å². The van der Waals surface area contributed by atoms with Gasteiger partial charge in [0.15, 0.2) is 5.11 Å². The maximum atomic E-state index is 12.9. The Morgan fingerprint density at radius 3 is 2.75 bits per heavy atom. The zero-order valence-electron chi connectivity index (χ0n) is 19.0. The van der Waals surface area contributed by atoms with E-state index in [1.807, 2.05) is 31.2 Å². The Kier molecular flexibility index (Phi) is 6.92. The molecule has 0 spiro atoms. The van der Waals surface area contributed by atoms with Gasteiger partial charge < -0.3 is 19.9 Å². The van der Waals surface area contributed by atoms with Gasteiger partial charge in [0.2, 0.25) is 0 Å². The number of rotatable bonds is 6. The molecule has 1 aliphatic rings. The number of ether oxygens (including phenoxy) is 1. The standard InChI is InChI=1S/C26H31N3O2S/c1-17-12-18(2)24-21(13-17)14-22(25(30)28-24)15-29(16-23-10-7-11-31-23)26(32)27-19(3)20-8-5-4-6-9-20/h4-6,8-9,12-14,19,23H,7,10-11,15-16H2,1-3H3,(H,27,32)(H,28,30)/t19-,23-/m1/s1. The minimum atomic E-state index is -0.0688. The maximum Gasteiger partial charge on any atom is 0.253 e. The van der Waals surface area contributed by atoms with Gasteiger partial charge in [0, 0.05) is 18.7 Å². The van der Waals surface area contributed by atoms with Crippen LogP contribution in [0.15, 0.2) is 53.3 Å². The highest BCUT2D eigenvalue weighted by atomic mass is 32.1. The van der Waals surface area contributed by atoms with Gasteiger partial charge in [-0.25, -0.2) is 0 Å². The van der Waals surface area contributed by atoms with Crippen molar-refractivity contribution in [2.45, 2.75) is 52.3 Å². The summed E-state index contributed by atoms with van der Waals surface area (Å²) in [6.07, 6.45) is 2.21. The number of aromatic nitrogens is 1. The van der Waals surface area contributed by atoms with Crippen LogP contribution >= 0.6 is 12.2 Å². The maximum absolute atomic E-state index is 12.9. The molecule has 2 atom stereocenters. The van der Waals surface area contributed by atoms with E-state index in [4.69, 9.17) is 17.0 Å². The van der Waals surface area contributed by atoms with Gasteiger partial charge >= 0.3 is 0 Å². The summed E-state index contributed by atoms with van der Waals surface area (Å²) in [6.45, 7) is 8.08. The fourth-order valence-corrected chi connectivity index (χ4v) is 4.73. The van der Waals surface area contributed by atoms with Crippen molar-refractivity contribution in [1.29, 1.82) is 0 Å². The molecule has 0 bridgehead atoms. The van der Waals surface area contributed by atoms with Gasteiger partial charge in [-0.05, 0) is 74.5 Å². The largest absolute Gasteiger partial charge is 0.376 e. The third kappa shape index (κ3) is 5.19. The van der Waals surface area contributed by atoms with Crippen molar-refractivity contribution < 1.29 is 4.74 Å². The third-order valence-electron chi connectivity index (χ3n) is 6.11. The number of nitrogens with one attached hydrogen (secondary N) is 2. The molecule has 168 valence electrons. The van der Waals surface area contributed by atoms with Gasteiger partial charge in [0.1, 0.15) is 0 Å². The van der Waals surface area contributed by atoms with Crippen LogP contribution in [0.2, 0.25) is 0 Å². The first-order valence-electron chi connectivity index (χ1n) is 11.3. The second kappa shape index (κ2) is 9.84. The quantitative estimate of drug-likeness (QED) is 0.532. The van der Waals surface area contributed by atoms with Crippen LogP contribution in [0.3, 0.4) is 0 Å². The van der Waals surface area contributed by atoms with Gasteiger partial charge in [0.05, 0.1) is 24.2 Å². The summed E-state index contributed by atoms with van der Waals surface area (Å²) < 4.78 is 5.88. The number of benzene rings is 2. The predicted molar refractivity (Wildman–Crippen MR) is 134 cm³/mol. The van der Waals surface area contributed by atoms with Crippen LogP contribution in [0.25, 0.3) is 10.9 Å². The summed E-state index contributed by atoms with van der Waals surface area (Å²) in [4.78, 5) is 18.1. The summed E-state index contributed by atoms with van der Waals surface area (Å²) in [5.41, 5.74) is 4.96. The average molecular weight is 450 g/mol. The second-order valence-corrected chi connectivity index (χ2v) is 9.15. The molecule has 5 nitrogen and oxygen atoms in total. The molecule has 2 aromatic carbocycles. The molecule has 0 saturated carbocycles. The van der Waals surface area contributed by atoms with E-state index in [2.05, 4.69) is 53.3 Å². The van der Waals surface area contributed by atoms with Crippen LogP contribution in [0.1, 0.15) is 48.1 Å². The monoisotopic (exact) mass is 449 g/mol. The Morgan fingerprint density at radius 1 is 1.25 bits per heavy atom. The molecule has 1 saturated heterocycles. The van der Waals surface area contributed by atoms with E-state index < -0.39 is 0 Å². The Balaban J connectivity index is 1.59. The topological polar surface area (TPSA) is 57.4 Å². The van der Waals surface area contributed by atoms with E-state index in [0.717, 1.165) is 35.9 Å². The number of aryl methyl sites for hydroxylation is 2. The summed E-state index contributed by atoms with van der Waals surface area (Å²) >= 11 is 5.81. The Labute approximate surface area is 194 Å². The van der Waals surface area contributed by atoms with Crippen molar-refractivity contribution in [2.75, 3.05) is 13.2 Å². The second-order valence-electron chi connectivity index (χ2n) is 8.77. The van der Waals surface area contributed by atoms with Crippen LogP contribution in [0.5, 0.6) is 0 Å². The summed E-state index contributed by atoms with van der Waals surface area (Å²) in [5, 5.41) is 5.14. The van der Waals surface area contributed by atoms with E-state index in [0.29, 0.717) is 23.8 Å². The first kappa shape index (κ1) is 22.5. The van der Waals surface area contributed by atoms with Crippen LogP contribution < -0.4 is 10.9 Å². The highest BCUT2D eigenvalue weighted by molar-refractivity contribution is 7.80. The molecular weight excluding hydrogens is 418 g/mol. The molecule has 0 amide bonds. The summed E-state index contributed by atoms with van der Waals surface area (Å²) in [5.74, 6) is 0. The highest BCUT2D eigenvalue weighted by Crippen LogP contribution is 2.20. The number of H-pyrrole nitrogens is 1. The molecule has 0 radical (unpaired) electrons. The Bertz CT molecular complexity index is 1150. The number of thiocarbonyl (C=S) groups is 1. The lowest BCUT2D eigenvalue weighted by atomic mass is 10.0. The van der Waals surface area contributed by atoms with E-state index in [1.165, 1.54) is 11.1 Å². The van der Waals surface area contributed by atoms with E-state index in [9.17, 15) is 4.79 Å². The lowest BCUT2D eigenvalue weighted by Crippen LogP contribution is -2.44. The van der Waals surface area contributed by atoms with Crippen molar-refractivity contribution >= 4 is 28.2 Å². The zero-order valence-corrected chi connectivity index (χ0v) is 19.8. The molecule has 1 aliphatic heterocycles. The third-order valence-corrected chi connectivity index (χ3v) is 6.48. The molecule has 32 heavy (non-hydrogen) atoms. The number of nitrogens with zero attached hydrogens (tertiary/aromatic N) is 1. The lowest BCUT2D eigenvalue weighted by Gasteiger charge is -2.30. The number of hydrogen-bond donors (Lipinski definition) is 2. The number of fused-ring (bicyclic) bond motifs is 1. The van der Waals surface area contributed by atoms with Gasteiger partial charge in [-0.1, -0.05) is 42.0 Å². The normalized spacial score (nSPS) is 16.8. The molecule has 1 fully saturated rings. The first-order chi connectivity index (χ1) is 15.4. The fraction of sp³-hybridized carbons (Fsp3) is 0.385. The summed E-state index contributed by atoms with van der Waals surface area (Å²) in [6, 6.07) is 16.5. The zero-order chi connectivity index (χ0) is 22.7. The molecule has 2 N–H and O–H groups in total. The molecule has 4 rings (SSSR count). The van der Waals surface area contributed by atoms with Crippen LogP contribution in [0.4, 0.5) is 0 Å². The van der Waals surface area contributed by atoms with Crippen molar-refractivity contribution in [3.8, 4) is 0 Å². The molecule has 3 aromatic rings. The van der Waals surface area contributed by atoms with Gasteiger partial charge in [-0.2, -0.15) is 0 Å². The number of pyridine rings is 1. The molecule has 0 aliphatic carbocycles. The Morgan fingerprint density at radius 2 is 2.03 bits per heavy atom. The van der Waals surface area contributed by atoms with Crippen LogP contribution in [-0.2, 0) is 11.3 Å².